The average Bonchev–Trinajstić information content (AvgIpc) is 2.05. The first-order valence-electron chi connectivity index (χ1n) is 3.28. The number of hydrogen-bond acceptors (Lipinski definition) is 5. The number of rotatable bonds is 5. The molecule has 0 aromatic carbocycles. The third kappa shape index (κ3) is 3.13. The quantitative estimate of drug-likeness (QED) is 0.369. The molecule has 0 fully saturated rings. The highest BCUT2D eigenvalue weighted by atomic mass is 16.5. The van der Waals surface area contributed by atoms with Crippen molar-refractivity contribution in [2.24, 2.45) is 0 Å². The van der Waals surface area contributed by atoms with Gasteiger partial charge in [0.1, 0.15) is 18.3 Å². The van der Waals surface area contributed by atoms with Crippen LogP contribution in [-0.2, 0) is 4.74 Å². The summed E-state index contributed by atoms with van der Waals surface area (Å²) in [7, 11) is 1.30. The van der Waals surface area contributed by atoms with Crippen molar-refractivity contribution in [3.63, 3.8) is 0 Å². The van der Waals surface area contributed by atoms with Gasteiger partial charge in [-0.1, -0.05) is 0 Å². The Morgan fingerprint density at radius 3 is 2.00 bits per heavy atom. The molecule has 0 radical (unpaired) electrons. The van der Waals surface area contributed by atoms with Crippen LogP contribution in [0.25, 0.3) is 0 Å². The Kier molecular flexibility index (Phi) is 5.35. The van der Waals surface area contributed by atoms with Gasteiger partial charge in [0.15, 0.2) is 0 Å². The fourth-order valence-corrected chi connectivity index (χ4v) is 0.678. The van der Waals surface area contributed by atoms with Gasteiger partial charge in [0, 0.05) is 7.11 Å². The molecule has 0 saturated carbocycles. The molecule has 0 aliphatic carbocycles. The largest absolute Gasteiger partial charge is 0.394 e. The normalized spacial score (nSPS) is 19.4. The molecule has 4 N–H and O–H groups in total. The first kappa shape index (κ1) is 10.8. The lowest BCUT2D eigenvalue weighted by atomic mass is 10.1. The number of aliphatic hydroxyl groups is 4. The SMILES string of the molecule is COC(CO)[C@@H](O)C(O)CO. The van der Waals surface area contributed by atoms with Crippen molar-refractivity contribution in [1.29, 1.82) is 0 Å². The fourth-order valence-electron chi connectivity index (χ4n) is 0.678. The van der Waals surface area contributed by atoms with Crippen LogP contribution in [0, 0.1) is 0 Å². The van der Waals surface area contributed by atoms with E-state index in [1.54, 1.807) is 0 Å². The zero-order valence-corrected chi connectivity index (χ0v) is 6.34. The van der Waals surface area contributed by atoms with E-state index in [9.17, 15) is 0 Å². The lowest BCUT2D eigenvalue weighted by molar-refractivity contribution is -0.104. The lowest BCUT2D eigenvalue weighted by Crippen LogP contribution is -2.42. The number of methoxy groups -OCH3 is 1. The lowest BCUT2D eigenvalue weighted by Gasteiger charge is -2.22. The molecule has 0 amide bonds. The third-order valence-electron chi connectivity index (χ3n) is 1.44. The molecule has 0 aliphatic rings. The molecule has 0 aliphatic heterocycles. The zero-order valence-electron chi connectivity index (χ0n) is 6.34. The number of hydrogen-bond donors (Lipinski definition) is 4. The van der Waals surface area contributed by atoms with Crippen LogP contribution < -0.4 is 0 Å². The fraction of sp³-hybridized carbons (Fsp3) is 1.00. The summed E-state index contributed by atoms with van der Waals surface area (Å²) in [6.45, 7) is -0.949. The molecule has 0 spiro atoms. The minimum atomic E-state index is -1.27. The van der Waals surface area contributed by atoms with Gasteiger partial charge >= 0.3 is 0 Å². The second-order valence-electron chi connectivity index (χ2n) is 2.20. The summed E-state index contributed by atoms with van der Waals surface area (Å²) in [6.07, 6.45) is -3.38. The predicted molar refractivity (Wildman–Crippen MR) is 37.0 cm³/mol. The Labute approximate surface area is 64.9 Å². The predicted octanol–water partition coefficient (Wildman–Crippen LogP) is -2.29. The van der Waals surface area contributed by atoms with E-state index in [1.807, 2.05) is 0 Å². The van der Waals surface area contributed by atoms with Gasteiger partial charge in [0.05, 0.1) is 13.2 Å². The van der Waals surface area contributed by atoms with Crippen molar-refractivity contribution in [2.45, 2.75) is 18.3 Å². The first-order chi connectivity index (χ1) is 5.17. The van der Waals surface area contributed by atoms with E-state index < -0.39 is 31.5 Å². The highest BCUT2D eigenvalue weighted by molar-refractivity contribution is 4.74. The molecule has 0 heterocycles. The molecule has 2 unspecified atom stereocenters. The second-order valence-corrected chi connectivity index (χ2v) is 2.20. The minimum Gasteiger partial charge on any atom is -0.394 e. The van der Waals surface area contributed by atoms with Gasteiger partial charge in [0.2, 0.25) is 0 Å². The smallest absolute Gasteiger partial charge is 0.110 e. The van der Waals surface area contributed by atoms with Crippen LogP contribution >= 0.6 is 0 Å². The summed E-state index contributed by atoms with van der Waals surface area (Å²) < 4.78 is 4.61. The van der Waals surface area contributed by atoms with Gasteiger partial charge in [-0.3, -0.25) is 0 Å². The number of aliphatic hydroxyl groups excluding tert-OH is 4. The van der Waals surface area contributed by atoms with Gasteiger partial charge in [0.25, 0.3) is 0 Å². The third-order valence-corrected chi connectivity index (χ3v) is 1.44. The highest BCUT2D eigenvalue weighted by Crippen LogP contribution is 2.02. The van der Waals surface area contributed by atoms with Crippen molar-refractivity contribution < 1.29 is 25.2 Å². The molecular formula is C6H14O5. The Morgan fingerprint density at radius 1 is 1.18 bits per heavy atom. The Morgan fingerprint density at radius 2 is 1.73 bits per heavy atom. The maximum Gasteiger partial charge on any atom is 0.110 e. The Balaban J connectivity index is 3.86. The highest BCUT2D eigenvalue weighted by Gasteiger charge is 2.24. The molecule has 11 heavy (non-hydrogen) atoms. The van der Waals surface area contributed by atoms with Crippen LogP contribution in [-0.4, -0.2) is 59.1 Å². The summed E-state index contributed by atoms with van der Waals surface area (Å²) in [5.41, 5.74) is 0. The van der Waals surface area contributed by atoms with E-state index in [-0.39, 0.29) is 0 Å². The van der Waals surface area contributed by atoms with E-state index in [1.165, 1.54) is 7.11 Å². The van der Waals surface area contributed by atoms with Gasteiger partial charge in [-0.15, -0.1) is 0 Å². The van der Waals surface area contributed by atoms with Crippen LogP contribution in [0.15, 0.2) is 0 Å². The van der Waals surface area contributed by atoms with Crippen molar-refractivity contribution in [3.8, 4) is 0 Å². The Hall–Kier alpha value is -0.200. The topological polar surface area (TPSA) is 90.2 Å². The molecule has 0 saturated heterocycles. The molecule has 68 valence electrons. The monoisotopic (exact) mass is 166 g/mol. The summed E-state index contributed by atoms with van der Waals surface area (Å²) in [6, 6.07) is 0. The van der Waals surface area contributed by atoms with Gasteiger partial charge < -0.3 is 25.2 Å². The average molecular weight is 166 g/mol. The zero-order chi connectivity index (χ0) is 8.85. The maximum absolute atomic E-state index is 9.08. The first-order valence-corrected chi connectivity index (χ1v) is 3.28. The van der Waals surface area contributed by atoms with Crippen molar-refractivity contribution >= 4 is 0 Å². The molecule has 0 bridgehead atoms. The van der Waals surface area contributed by atoms with Crippen molar-refractivity contribution in [3.05, 3.63) is 0 Å². The van der Waals surface area contributed by atoms with E-state index in [0.717, 1.165) is 0 Å². The standard InChI is InChI=1S/C6H14O5/c1-11-5(3-8)6(10)4(9)2-7/h4-10H,2-3H2,1H3/t4?,5?,6-/m0/s1. The molecule has 5 nitrogen and oxygen atoms in total. The minimum absolute atomic E-state index is 0.394. The van der Waals surface area contributed by atoms with E-state index in [4.69, 9.17) is 20.4 Å². The molecular weight excluding hydrogens is 152 g/mol. The van der Waals surface area contributed by atoms with Gasteiger partial charge in [-0.2, -0.15) is 0 Å². The molecule has 0 aromatic heterocycles. The summed E-state index contributed by atoms with van der Waals surface area (Å²) in [5.74, 6) is 0. The van der Waals surface area contributed by atoms with Crippen LogP contribution in [0.3, 0.4) is 0 Å². The van der Waals surface area contributed by atoms with Crippen LogP contribution in [0.4, 0.5) is 0 Å². The van der Waals surface area contributed by atoms with Gasteiger partial charge in [-0.05, 0) is 0 Å². The molecule has 5 heteroatoms. The summed E-state index contributed by atoms with van der Waals surface area (Å²) in [5, 5.41) is 34.9. The van der Waals surface area contributed by atoms with Crippen molar-refractivity contribution in [1.82, 2.24) is 0 Å². The van der Waals surface area contributed by atoms with Crippen LogP contribution in [0.5, 0.6) is 0 Å². The van der Waals surface area contributed by atoms with Crippen molar-refractivity contribution in [2.75, 3.05) is 20.3 Å². The van der Waals surface area contributed by atoms with E-state index in [0.29, 0.717) is 0 Å². The van der Waals surface area contributed by atoms with Gasteiger partial charge in [-0.25, -0.2) is 0 Å². The molecule has 3 atom stereocenters. The number of ether oxygens (including phenoxy) is 1. The summed E-state index contributed by atoms with van der Waals surface area (Å²) >= 11 is 0. The summed E-state index contributed by atoms with van der Waals surface area (Å²) in [4.78, 5) is 0. The van der Waals surface area contributed by atoms with E-state index >= 15 is 0 Å². The maximum atomic E-state index is 9.08. The van der Waals surface area contributed by atoms with Crippen LogP contribution in [0.2, 0.25) is 0 Å². The van der Waals surface area contributed by atoms with E-state index in [2.05, 4.69) is 4.74 Å². The molecule has 0 rings (SSSR count). The molecule has 0 aromatic rings. The van der Waals surface area contributed by atoms with Crippen LogP contribution in [0.1, 0.15) is 0 Å². The Bertz CT molecular complexity index is 93.0. The second kappa shape index (κ2) is 5.45.